The highest BCUT2D eigenvalue weighted by atomic mass is 16.7. The van der Waals surface area contributed by atoms with Crippen molar-refractivity contribution in [2.45, 2.75) is 37.6 Å². The quantitative estimate of drug-likeness (QED) is 0.540. The summed E-state index contributed by atoms with van der Waals surface area (Å²) < 4.78 is 16.0. The normalized spacial score (nSPS) is 30.5. The molecule has 1 aromatic carbocycles. The summed E-state index contributed by atoms with van der Waals surface area (Å²) in [4.78, 5) is 11.6. The van der Waals surface area contributed by atoms with Gasteiger partial charge >= 0.3 is 5.63 Å². The molecule has 1 aliphatic heterocycles. The molecule has 8 nitrogen and oxygen atoms in total. The monoisotopic (exact) mass is 338 g/mol. The minimum atomic E-state index is -1.55. The summed E-state index contributed by atoms with van der Waals surface area (Å²) in [6.07, 6.45) is -7.01. The van der Waals surface area contributed by atoms with E-state index in [1.165, 1.54) is 12.1 Å². The SMILES string of the molecule is Cc1cc(=O)oc2c(O[C@@H]3O[C@H](CO)[C@@H](O)[C@H](O)[C@H]3O)cccc12. The first-order valence-electron chi connectivity index (χ1n) is 7.43. The Hall–Kier alpha value is -1.97. The van der Waals surface area contributed by atoms with Crippen molar-refractivity contribution < 1.29 is 34.3 Å². The average Bonchev–Trinajstić information content (AvgIpc) is 2.56. The summed E-state index contributed by atoms with van der Waals surface area (Å²) in [6.45, 7) is 1.19. The van der Waals surface area contributed by atoms with Crippen molar-refractivity contribution >= 4 is 11.0 Å². The molecule has 0 saturated carbocycles. The Labute approximate surface area is 136 Å². The lowest BCUT2D eigenvalue weighted by atomic mass is 9.99. The molecule has 0 spiro atoms. The third kappa shape index (κ3) is 2.90. The highest BCUT2D eigenvalue weighted by molar-refractivity contribution is 5.85. The molecule has 8 heteroatoms. The Balaban J connectivity index is 1.96. The lowest BCUT2D eigenvalue weighted by Crippen LogP contribution is -2.60. The van der Waals surface area contributed by atoms with E-state index in [2.05, 4.69) is 0 Å². The van der Waals surface area contributed by atoms with Gasteiger partial charge in [-0.1, -0.05) is 12.1 Å². The molecule has 0 bridgehead atoms. The van der Waals surface area contributed by atoms with Gasteiger partial charge in [0, 0.05) is 11.5 Å². The Morgan fingerprint density at radius 3 is 2.62 bits per heavy atom. The van der Waals surface area contributed by atoms with Gasteiger partial charge in [-0.2, -0.15) is 0 Å². The lowest BCUT2D eigenvalue weighted by molar-refractivity contribution is -0.277. The predicted octanol–water partition coefficient (Wildman–Crippen LogP) is -0.720. The summed E-state index contributed by atoms with van der Waals surface area (Å²) in [5.74, 6) is 0.137. The van der Waals surface area contributed by atoms with Gasteiger partial charge in [-0.15, -0.1) is 0 Å². The van der Waals surface area contributed by atoms with Crippen molar-refractivity contribution in [1.82, 2.24) is 0 Å². The molecule has 4 N–H and O–H groups in total. The van der Waals surface area contributed by atoms with Crippen LogP contribution in [0.15, 0.2) is 33.5 Å². The van der Waals surface area contributed by atoms with E-state index in [4.69, 9.17) is 13.9 Å². The zero-order chi connectivity index (χ0) is 17.4. The van der Waals surface area contributed by atoms with E-state index in [1.54, 1.807) is 19.1 Å². The highest BCUT2D eigenvalue weighted by Crippen LogP contribution is 2.30. The highest BCUT2D eigenvalue weighted by Gasteiger charge is 2.44. The van der Waals surface area contributed by atoms with Crippen LogP contribution < -0.4 is 10.4 Å². The molecular formula is C16H18O8. The number of rotatable bonds is 3. The second kappa shape index (κ2) is 6.50. The zero-order valence-electron chi connectivity index (χ0n) is 12.8. The minimum absolute atomic E-state index is 0.137. The van der Waals surface area contributed by atoms with Crippen LogP contribution in [-0.2, 0) is 4.74 Å². The molecule has 1 aliphatic rings. The molecule has 0 unspecified atom stereocenters. The van der Waals surface area contributed by atoms with Crippen LogP contribution in [0.1, 0.15) is 5.56 Å². The van der Waals surface area contributed by atoms with E-state index in [0.29, 0.717) is 10.9 Å². The number of aryl methyl sites for hydroxylation is 1. The van der Waals surface area contributed by atoms with Crippen molar-refractivity contribution in [1.29, 1.82) is 0 Å². The van der Waals surface area contributed by atoms with Crippen LogP contribution in [0.5, 0.6) is 5.75 Å². The predicted molar refractivity (Wildman–Crippen MR) is 81.6 cm³/mol. The minimum Gasteiger partial charge on any atom is -0.458 e. The van der Waals surface area contributed by atoms with Crippen molar-refractivity contribution in [3.8, 4) is 5.75 Å². The molecular weight excluding hydrogens is 320 g/mol. The van der Waals surface area contributed by atoms with E-state index in [9.17, 15) is 25.2 Å². The number of fused-ring (bicyclic) bond motifs is 1. The Bertz CT molecular complexity index is 783. The van der Waals surface area contributed by atoms with E-state index < -0.39 is 42.9 Å². The fourth-order valence-corrected chi connectivity index (χ4v) is 2.70. The van der Waals surface area contributed by atoms with E-state index in [1.807, 2.05) is 0 Å². The number of para-hydroxylation sites is 1. The van der Waals surface area contributed by atoms with Crippen LogP contribution in [0.3, 0.4) is 0 Å². The van der Waals surface area contributed by atoms with Crippen LogP contribution in [0.2, 0.25) is 0 Å². The molecule has 3 rings (SSSR count). The molecule has 1 fully saturated rings. The number of aliphatic hydroxyl groups is 4. The maximum Gasteiger partial charge on any atom is 0.336 e. The van der Waals surface area contributed by atoms with Gasteiger partial charge in [-0.05, 0) is 18.6 Å². The van der Waals surface area contributed by atoms with Gasteiger partial charge in [0.1, 0.15) is 24.4 Å². The molecule has 2 aromatic rings. The molecule has 1 saturated heterocycles. The Morgan fingerprint density at radius 2 is 1.92 bits per heavy atom. The Morgan fingerprint density at radius 1 is 1.17 bits per heavy atom. The van der Waals surface area contributed by atoms with Crippen molar-refractivity contribution in [2.75, 3.05) is 6.61 Å². The smallest absolute Gasteiger partial charge is 0.336 e. The Kier molecular flexibility index (Phi) is 4.57. The first kappa shape index (κ1) is 16.9. The van der Waals surface area contributed by atoms with E-state index in [-0.39, 0.29) is 11.3 Å². The summed E-state index contributed by atoms with van der Waals surface area (Å²) in [7, 11) is 0. The van der Waals surface area contributed by atoms with Gasteiger partial charge in [-0.25, -0.2) is 4.79 Å². The van der Waals surface area contributed by atoms with Gasteiger partial charge < -0.3 is 34.3 Å². The van der Waals surface area contributed by atoms with Crippen LogP contribution in [-0.4, -0.2) is 57.7 Å². The lowest BCUT2D eigenvalue weighted by Gasteiger charge is -2.39. The van der Waals surface area contributed by atoms with Crippen LogP contribution in [0, 0.1) is 6.92 Å². The van der Waals surface area contributed by atoms with Crippen LogP contribution in [0.4, 0.5) is 0 Å². The molecule has 2 heterocycles. The number of hydrogen-bond donors (Lipinski definition) is 4. The maximum absolute atomic E-state index is 11.6. The van der Waals surface area contributed by atoms with E-state index >= 15 is 0 Å². The first-order valence-corrected chi connectivity index (χ1v) is 7.43. The summed E-state index contributed by atoms with van der Waals surface area (Å²) >= 11 is 0. The molecule has 130 valence electrons. The van der Waals surface area contributed by atoms with Crippen molar-refractivity contribution in [2.24, 2.45) is 0 Å². The third-order valence-corrected chi connectivity index (χ3v) is 4.03. The molecule has 0 radical (unpaired) electrons. The number of ether oxygens (including phenoxy) is 2. The molecule has 0 aliphatic carbocycles. The fraction of sp³-hybridized carbons (Fsp3) is 0.438. The molecule has 24 heavy (non-hydrogen) atoms. The van der Waals surface area contributed by atoms with Gasteiger partial charge in [0.15, 0.2) is 11.3 Å². The van der Waals surface area contributed by atoms with Gasteiger partial charge in [-0.3, -0.25) is 0 Å². The topological polar surface area (TPSA) is 130 Å². The van der Waals surface area contributed by atoms with Gasteiger partial charge in [0.05, 0.1) is 6.61 Å². The van der Waals surface area contributed by atoms with Gasteiger partial charge in [0.25, 0.3) is 0 Å². The van der Waals surface area contributed by atoms with Crippen molar-refractivity contribution in [3.05, 3.63) is 40.2 Å². The average molecular weight is 338 g/mol. The zero-order valence-corrected chi connectivity index (χ0v) is 12.8. The summed E-state index contributed by atoms with van der Waals surface area (Å²) in [5, 5.41) is 39.5. The second-order valence-electron chi connectivity index (χ2n) is 5.70. The van der Waals surface area contributed by atoms with Gasteiger partial charge in [0.2, 0.25) is 6.29 Å². The molecule has 1 aromatic heterocycles. The summed E-state index contributed by atoms with van der Waals surface area (Å²) in [6, 6.07) is 6.29. The second-order valence-corrected chi connectivity index (χ2v) is 5.70. The fourth-order valence-electron chi connectivity index (χ4n) is 2.70. The maximum atomic E-state index is 11.6. The van der Waals surface area contributed by atoms with Crippen molar-refractivity contribution in [3.63, 3.8) is 0 Å². The first-order chi connectivity index (χ1) is 11.4. The van der Waals surface area contributed by atoms with Crippen LogP contribution >= 0.6 is 0 Å². The largest absolute Gasteiger partial charge is 0.458 e. The van der Waals surface area contributed by atoms with Crippen LogP contribution in [0.25, 0.3) is 11.0 Å². The number of aliphatic hydroxyl groups excluding tert-OH is 4. The van der Waals surface area contributed by atoms with E-state index in [0.717, 1.165) is 0 Å². The summed E-state index contributed by atoms with van der Waals surface area (Å²) in [5.41, 5.74) is 0.324. The third-order valence-electron chi connectivity index (χ3n) is 4.03. The number of hydrogen-bond acceptors (Lipinski definition) is 8. The standard InChI is InChI=1S/C16H18O8/c1-7-5-11(18)24-15-8(7)3-2-4-9(15)22-16-14(21)13(20)12(19)10(6-17)23-16/h2-5,10,12-14,16-17,19-21H,6H2,1H3/t10-,12-,13+,14-,16-/m1/s1. The molecule has 0 amide bonds. The molecule has 5 atom stereocenters. The number of benzene rings is 1.